The third-order valence-corrected chi connectivity index (χ3v) is 3.19. The molecule has 1 aliphatic heterocycles. The summed E-state index contributed by atoms with van der Waals surface area (Å²) in [6.45, 7) is 2.78. The molecule has 120 valence electrons. The molecular weight excluding hydrogens is 301 g/mol. The van der Waals surface area contributed by atoms with Gasteiger partial charge in [0.25, 0.3) is 0 Å². The summed E-state index contributed by atoms with van der Waals surface area (Å²) in [4.78, 5) is 8.90. The number of carboxylic acids is 1. The first-order valence-electron chi connectivity index (χ1n) is 6.44. The van der Waals surface area contributed by atoms with Crippen LogP contribution in [0.3, 0.4) is 0 Å². The van der Waals surface area contributed by atoms with E-state index in [0.717, 1.165) is 19.6 Å². The summed E-state index contributed by atoms with van der Waals surface area (Å²) in [6.07, 6.45) is -0.938. The van der Waals surface area contributed by atoms with Gasteiger partial charge >= 0.3 is 12.1 Å². The lowest BCUT2D eigenvalue weighted by atomic mass is 10.2. The number of hydrogen-bond acceptors (Lipinski definition) is 3. The van der Waals surface area contributed by atoms with Crippen LogP contribution in [0.2, 0.25) is 0 Å². The monoisotopic (exact) mass is 316 g/mol. The van der Waals surface area contributed by atoms with Crippen molar-refractivity contribution in [1.82, 2.24) is 19.7 Å². The first kappa shape index (κ1) is 16.1. The van der Waals surface area contributed by atoms with E-state index in [1.54, 1.807) is 0 Å². The van der Waals surface area contributed by atoms with Gasteiger partial charge in [0.2, 0.25) is 0 Å². The molecule has 0 atom stereocenters. The number of fused-ring (bicyclic) bond motifs is 1. The molecule has 2 aromatic rings. The van der Waals surface area contributed by atoms with Crippen molar-refractivity contribution in [2.24, 2.45) is 7.05 Å². The van der Waals surface area contributed by atoms with Crippen molar-refractivity contribution in [1.29, 1.82) is 0 Å². The number of halogens is 3. The zero-order chi connectivity index (χ0) is 16.3. The molecule has 0 saturated carbocycles. The van der Waals surface area contributed by atoms with Crippen molar-refractivity contribution < 1.29 is 23.1 Å². The first-order valence-corrected chi connectivity index (χ1v) is 6.44. The van der Waals surface area contributed by atoms with Gasteiger partial charge in [-0.15, -0.1) is 0 Å². The standard InChI is InChI=1S/C11H14N4.C2HF3O2/c1-14-11-7-12-6-9(11)10(13-14)8-15-4-2-3-5-15;3-2(4,5)1(6)7/h2-5,12H,6-8H2,1H3;(H,6,7). The van der Waals surface area contributed by atoms with E-state index in [1.165, 1.54) is 17.0 Å². The molecule has 9 heteroatoms. The van der Waals surface area contributed by atoms with Gasteiger partial charge in [-0.2, -0.15) is 18.3 Å². The Morgan fingerprint density at radius 1 is 1.36 bits per heavy atom. The lowest BCUT2D eigenvalue weighted by Gasteiger charge is -2.01. The Kier molecular flexibility index (Phi) is 4.55. The summed E-state index contributed by atoms with van der Waals surface area (Å²) in [5, 5.41) is 15.0. The zero-order valence-corrected chi connectivity index (χ0v) is 11.8. The van der Waals surface area contributed by atoms with Crippen LogP contribution in [0.15, 0.2) is 24.5 Å². The van der Waals surface area contributed by atoms with E-state index >= 15 is 0 Å². The van der Waals surface area contributed by atoms with E-state index in [4.69, 9.17) is 9.90 Å². The third kappa shape index (κ3) is 3.67. The second-order valence-corrected chi connectivity index (χ2v) is 4.76. The number of aliphatic carboxylic acids is 1. The van der Waals surface area contributed by atoms with Crippen LogP contribution in [0.25, 0.3) is 0 Å². The Morgan fingerprint density at radius 2 is 1.95 bits per heavy atom. The van der Waals surface area contributed by atoms with E-state index in [0.29, 0.717) is 0 Å². The van der Waals surface area contributed by atoms with Crippen LogP contribution >= 0.6 is 0 Å². The van der Waals surface area contributed by atoms with Gasteiger partial charge in [0.15, 0.2) is 0 Å². The van der Waals surface area contributed by atoms with E-state index in [1.807, 2.05) is 23.9 Å². The Balaban J connectivity index is 0.000000217. The Hall–Kier alpha value is -2.29. The van der Waals surface area contributed by atoms with Gasteiger partial charge < -0.3 is 15.0 Å². The van der Waals surface area contributed by atoms with Crippen LogP contribution in [0.5, 0.6) is 0 Å². The highest BCUT2D eigenvalue weighted by Crippen LogP contribution is 2.19. The van der Waals surface area contributed by atoms with Crippen molar-refractivity contribution in [2.75, 3.05) is 0 Å². The molecule has 0 saturated heterocycles. The number of nitrogens with zero attached hydrogens (tertiary/aromatic N) is 3. The average Bonchev–Trinajstić information content (AvgIpc) is 3.12. The molecule has 2 N–H and O–H groups in total. The summed E-state index contributed by atoms with van der Waals surface area (Å²) in [7, 11) is 2.02. The van der Waals surface area contributed by atoms with Gasteiger partial charge in [0.1, 0.15) is 0 Å². The van der Waals surface area contributed by atoms with E-state index in [2.05, 4.69) is 27.4 Å². The number of hydrogen-bond donors (Lipinski definition) is 2. The maximum absolute atomic E-state index is 10.6. The van der Waals surface area contributed by atoms with Crippen molar-refractivity contribution in [3.8, 4) is 0 Å². The number of carboxylic acid groups (broad SMARTS) is 1. The molecule has 0 radical (unpaired) electrons. The molecular formula is C13H15F3N4O2. The number of rotatable bonds is 2. The van der Waals surface area contributed by atoms with E-state index in [9.17, 15) is 13.2 Å². The van der Waals surface area contributed by atoms with Crippen molar-refractivity contribution in [3.63, 3.8) is 0 Å². The fourth-order valence-electron chi connectivity index (χ4n) is 2.17. The molecule has 0 amide bonds. The molecule has 2 aromatic heterocycles. The summed E-state index contributed by atoms with van der Waals surface area (Å²) in [5.74, 6) is -2.76. The normalized spacial score (nSPS) is 13.5. The third-order valence-electron chi connectivity index (χ3n) is 3.19. The Morgan fingerprint density at radius 3 is 2.50 bits per heavy atom. The summed E-state index contributed by atoms with van der Waals surface area (Å²) in [5.41, 5.74) is 3.90. The Bertz CT molecular complexity index is 647. The number of carbonyl (C=O) groups is 1. The fraction of sp³-hybridized carbons (Fsp3) is 0.385. The predicted molar refractivity (Wildman–Crippen MR) is 71.0 cm³/mol. The minimum atomic E-state index is -5.08. The highest BCUT2D eigenvalue weighted by molar-refractivity contribution is 5.73. The molecule has 0 aliphatic carbocycles. The summed E-state index contributed by atoms with van der Waals surface area (Å²) in [6, 6.07) is 4.09. The van der Waals surface area contributed by atoms with Crippen molar-refractivity contribution in [2.45, 2.75) is 25.8 Å². The minimum Gasteiger partial charge on any atom is -0.475 e. The first-order chi connectivity index (χ1) is 10.3. The second-order valence-electron chi connectivity index (χ2n) is 4.76. The fourth-order valence-corrected chi connectivity index (χ4v) is 2.17. The van der Waals surface area contributed by atoms with Crippen LogP contribution < -0.4 is 5.32 Å². The lowest BCUT2D eigenvalue weighted by molar-refractivity contribution is -0.192. The molecule has 22 heavy (non-hydrogen) atoms. The van der Waals surface area contributed by atoms with E-state index in [-0.39, 0.29) is 0 Å². The summed E-state index contributed by atoms with van der Waals surface area (Å²) >= 11 is 0. The zero-order valence-electron chi connectivity index (χ0n) is 11.8. The maximum atomic E-state index is 10.6. The van der Waals surface area contributed by atoms with Crippen LogP contribution in [0.1, 0.15) is 17.0 Å². The molecule has 0 spiro atoms. The topological polar surface area (TPSA) is 72.1 Å². The van der Waals surface area contributed by atoms with Crippen molar-refractivity contribution in [3.05, 3.63) is 41.5 Å². The highest BCUT2D eigenvalue weighted by atomic mass is 19.4. The van der Waals surface area contributed by atoms with Crippen LogP contribution in [-0.2, 0) is 31.5 Å². The van der Waals surface area contributed by atoms with Gasteiger partial charge in [-0.1, -0.05) is 0 Å². The SMILES string of the molecule is Cn1nc(Cn2cccc2)c2c1CNC2.O=C(O)C(F)(F)F. The largest absolute Gasteiger partial charge is 0.490 e. The minimum absolute atomic E-state index is 0.873. The van der Waals surface area contributed by atoms with Crippen molar-refractivity contribution >= 4 is 5.97 Å². The smallest absolute Gasteiger partial charge is 0.475 e. The predicted octanol–water partition coefficient (Wildman–Crippen LogP) is 1.51. The van der Waals surface area contributed by atoms with Crippen LogP contribution in [0, 0.1) is 0 Å². The lowest BCUT2D eigenvalue weighted by Crippen LogP contribution is -2.21. The number of alkyl halides is 3. The molecule has 0 bridgehead atoms. The number of aromatic nitrogens is 3. The molecule has 3 rings (SSSR count). The number of aryl methyl sites for hydroxylation is 1. The van der Waals surface area contributed by atoms with Gasteiger partial charge in [-0.25, -0.2) is 4.79 Å². The van der Waals surface area contributed by atoms with Gasteiger partial charge in [-0.3, -0.25) is 4.68 Å². The molecule has 6 nitrogen and oxygen atoms in total. The number of nitrogens with one attached hydrogen (secondary N) is 1. The molecule has 0 aromatic carbocycles. The maximum Gasteiger partial charge on any atom is 0.490 e. The Labute approximate surface area is 124 Å². The van der Waals surface area contributed by atoms with Gasteiger partial charge in [0, 0.05) is 38.1 Å². The average molecular weight is 316 g/mol. The van der Waals surface area contributed by atoms with Gasteiger partial charge in [-0.05, 0) is 12.1 Å². The molecule has 3 heterocycles. The quantitative estimate of drug-likeness (QED) is 0.881. The highest BCUT2D eigenvalue weighted by Gasteiger charge is 2.38. The van der Waals surface area contributed by atoms with Crippen LogP contribution in [-0.4, -0.2) is 31.6 Å². The van der Waals surface area contributed by atoms with Gasteiger partial charge in [0.05, 0.1) is 17.9 Å². The summed E-state index contributed by atoms with van der Waals surface area (Å²) < 4.78 is 35.9. The van der Waals surface area contributed by atoms with E-state index < -0.39 is 12.1 Å². The molecule has 1 aliphatic rings. The molecule has 0 unspecified atom stereocenters. The van der Waals surface area contributed by atoms with Crippen LogP contribution in [0.4, 0.5) is 13.2 Å². The molecule has 0 fully saturated rings. The second kappa shape index (κ2) is 6.22.